The molecule has 5 nitrogen and oxygen atoms in total. The van der Waals surface area contributed by atoms with E-state index >= 15 is 0 Å². The van der Waals surface area contributed by atoms with Crippen molar-refractivity contribution >= 4 is 75.3 Å². The minimum absolute atomic E-state index is 0.0260. The summed E-state index contributed by atoms with van der Waals surface area (Å²) in [7, 11) is 0. The maximum absolute atomic E-state index is 8.82. The van der Waals surface area contributed by atoms with Crippen LogP contribution in [0.5, 0.6) is 0 Å². The highest BCUT2D eigenvalue weighted by Crippen LogP contribution is 2.42. The molecule has 0 saturated carbocycles. The number of aromatic nitrogens is 4. The van der Waals surface area contributed by atoms with Gasteiger partial charge in [-0.25, -0.2) is 15.0 Å². The zero-order chi connectivity index (χ0) is 37.8. The molecule has 51 heavy (non-hydrogen) atoms. The van der Waals surface area contributed by atoms with Crippen LogP contribution in [0.15, 0.2) is 162 Å². The van der Waals surface area contributed by atoms with Crippen LogP contribution in [-0.4, -0.2) is 19.5 Å². The molecule has 7 aromatic carbocycles. The fourth-order valence-corrected chi connectivity index (χ4v) is 8.51. The van der Waals surface area contributed by atoms with Crippen molar-refractivity contribution in [2.75, 3.05) is 0 Å². The third-order valence-corrected chi connectivity index (χ3v) is 10.8. The van der Waals surface area contributed by atoms with Crippen LogP contribution in [0.1, 0.15) is 6.85 Å². The first-order valence-corrected chi connectivity index (χ1v) is 17.4. The van der Waals surface area contributed by atoms with Crippen molar-refractivity contribution < 1.29 is 11.3 Å². The molecule has 0 aliphatic rings. The Hall–Kier alpha value is -6.63. The lowest BCUT2D eigenvalue weighted by Gasteiger charge is -2.09. The quantitative estimate of drug-likeness (QED) is 0.186. The molecule has 0 N–H and O–H groups in total. The molecule has 0 saturated heterocycles. The van der Waals surface area contributed by atoms with E-state index in [4.69, 9.17) is 26.2 Å². The number of thiophene rings is 1. The van der Waals surface area contributed by atoms with E-state index in [0.717, 1.165) is 53.2 Å². The van der Waals surface area contributed by atoms with Gasteiger partial charge in [0.1, 0.15) is 11.2 Å². The van der Waals surface area contributed by atoms with Gasteiger partial charge in [-0.15, -0.1) is 11.3 Å². The van der Waals surface area contributed by atoms with E-state index in [1.807, 2.05) is 54.6 Å². The molecule has 4 heterocycles. The predicted octanol–water partition coefficient (Wildman–Crippen LogP) is 12.2. The number of hydrogen-bond donors (Lipinski definition) is 0. The van der Waals surface area contributed by atoms with Crippen LogP contribution in [0, 0.1) is 0 Å². The van der Waals surface area contributed by atoms with E-state index in [1.54, 1.807) is 11.3 Å². The lowest BCUT2D eigenvalue weighted by atomic mass is 10.1. The lowest BCUT2D eigenvalue weighted by molar-refractivity contribution is 0.669. The highest BCUT2D eigenvalue weighted by atomic mass is 32.1. The van der Waals surface area contributed by atoms with Crippen molar-refractivity contribution in [1.29, 1.82) is 0 Å². The van der Waals surface area contributed by atoms with Gasteiger partial charge in [-0.1, -0.05) is 109 Å². The van der Waals surface area contributed by atoms with Gasteiger partial charge in [0.25, 0.3) is 0 Å². The molecule has 0 amide bonds. The molecule has 11 aromatic rings. The van der Waals surface area contributed by atoms with E-state index in [2.05, 4.69) is 77.4 Å². The standard InChI is InChI=1S/C45H26N4OS/c1-2-12-27(13-3-1)43-46-44(34-19-10-17-32-31-16-6-9-23-39(31)50-41(32)34)48-45(47-43)35-20-11-18-33-36-26-28(24-25-40(36)51-42(33)35)49-37-21-7-4-14-29(37)30-15-5-8-22-38(30)49/h1-26H/i1D,2D,3D,12D,13D. The van der Waals surface area contributed by atoms with Gasteiger partial charge >= 0.3 is 0 Å². The molecular weight excluding hydrogens is 645 g/mol. The molecule has 0 bridgehead atoms. The Morgan fingerprint density at radius 2 is 1.16 bits per heavy atom. The van der Waals surface area contributed by atoms with Crippen LogP contribution in [0.4, 0.5) is 0 Å². The first kappa shape index (κ1) is 23.7. The molecule has 0 aliphatic carbocycles. The van der Waals surface area contributed by atoms with Crippen molar-refractivity contribution in [3.05, 3.63) is 158 Å². The number of fused-ring (bicyclic) bond motifs is 9. The Morgan fingerprint density at radius 3 is 1.94 bits per heavy atom. The van der Waals surface area contributed by atoms with Crippen LogP contribution >= 0.6 is 11.3 Å². The van der Waals surface area contributed by atoms with Crippen LogP contribution in [0.3, 0.4) is 0 Å². The van der Waals surface area contributed by atoms with Gasteiger partial charge in [-0.2, -0.15) is 0 Å². The van der Waals surface area contributed by atoms with Crippen molar-refractivity contribution in [2.45, 2.75) is 0 Å². The highest BCUT2D eigenvalue weighted by molar-refractivity contribution is 7.26. The zero-order valence-corrected chi connectivity index (χ0v) is 27.5. The number of furan rings is 1. The Morgan fingerprint density at radius 1 is 0.529 bits per heavy atom. The Labute approximate surface area is 302 Å². The second-order valence-electron chi connectivity index (χ2n) is 12.4. The van der Waals surface area contributed by atoms with E-state index in [1.165, 1.54) is 10.8 Å². The fourth-order valence-electron chi connectivity index (χ4n) is 7.32. The normalized spacial score (nSPS) is 13.3. The zero-order valence-electron chi connectivity index (χ0n) is 31.7. The molecule has 11 rings (SSSR count). The van der Waals surface area contributed by atoms with Crippen LogP contribution in [0.2, 0.25) is 0 Å². The van der Waals surface area contributed by atoms with Gasteiger partial charge in [0.15, 0.2) is 17.5 Å². The van der Waals surface area contributed by atoms with E-state index in [9.17, 15) is 0 Å². The molecule has 0 atom stereocenters. The topological polar surface area (TPSA) is 56.7 Å². The number of rotatable bonds is 4. The summed E-state index contributed by atoms with van der Waals surface area (Å²) >= 11 is 1.63. The van der Waals surface area contributed by atoms with Crippen LogP contribution in [0.25, 0.3) is 104 Å². The summed E-state index contributed by atoms with van der Waals surface area (Å²) in [4.78, 5) is 14.8. The molecule has 0 spiro atoms. The molecule has 0 aliphatic heterocycles. The second-order valence-corrected chi connectivity index (χ2v) is 13.5. The summed E-state index contributed by atoms with van der Waals surface area (Å²) in [5, 5.41) is 6.32. The summed E-state index contributed by atoms with van der Waals surface area (Å²) in [6.45, 7) is 0. The van der Waals surface area contributed by atoms with E-state index < -0.39 is 30.2 Å². The summed E-state index contributed by atoms with van der Waals surface area (Å²) in [5.74, 6) is 0.541. The van der Waals surface area contributed by atoms with E-state index in [-0.39, 0.29) is 17.2 Å². The first-order valence-electron chi connectivity index (χ1n) is 19.0. The number of benzene rings is 7. The average molecular weight is 676 g/mol. The SMILES string of the molecule is [2H]c1c([2H])c([2H])c(-c2nc(-c3cccc4c3oc3ccccc34)nc(-c3cccc4c3sc3ccc(-n5c6ccccc6c6ccccc65)cc34)n2)c([2H])c1[2H]. The predicted molar refractivity (Wildman–Crippen MR) is 211 cm³/mol. The third kappa shape index (κ3) is 4.30. The monoisotopic (exact) mass is 675 g/mol. The minimum atomic E-state index is -0.486. The largest absolute Gasteiger partial charge is 0.455 e. The Kier molecular flexibility index (Phi) is 5.08. The molecule has 0 radical (unpaired) electrons. The van der Waals surface area contributed by atoms with Crippen molar-refractivity contribution in [3.63, 3.8) is 0 Å². The molecular formula is C45H26N4OS. The number of hydrogen-bond acceptors (Lipinski definition) is 5. The van der Waals surface area contributed by atoms with Gasteiger partial charge in [0.2, 0.25) is 0 Å². The molecule has 238 valence electrons. The van der Waals surface area contributed by atoms with Gasteiger partial charge < -0.3 is 8.98 Å². The Bertz CT molecular complexity index is 3380. The van der Waals surface area contributed by atoms with Gasteiger partial charge in [0, 0.05) is 58.5 Å². The molecule has 4 aromatic heterocycles. The molecule has 0 fully saturated rings. The fraction of sp³-hybridized carbons (Fsp3) is 0. The highest BCUT2D eigenvalue weighted by Gasteiger charge is 2.20. The smallest absolute Gasteiger partial charge is 0.167 e. The molecule has 0 unspecified atom stereocenters. The van der Waals surface area contributed by atoms with E-state index in [0.29, 0.717) is 22.6 Å². The van der Waals surface area contributed by atoms with Gasteiger partial charge in [-0.3, -0.25) is 0 Å². The average Bonchev–Trinajstić information content (AvgIpc) is 3.91. The van der Waals surface area contributed by atoms with Crippen molar-refractivity contribution in [2.24, 2.45) is 0 Å². The first-order chi connectivity index (χ1) is 27.4. The minimum Gasteiger partial charge on any atom is -0.455 e. The molecule has 6 heteroatoms. The number of nitrogens with zero attached hydrogens (tertiary/aromatic N) is 4. The maximum atomic E-state index is 8.82. The van der Waals surface area contributed by atoms with Crippen molar-refractivity contribution in [3.8, 4) is 39.9 Å². The lowest BCUT2D eigenvalue weighted by Crippen LogP contribution is -2.00. The van der Waals surface area contributed by atoms with Crippen LogP contribution in [-0.2, 0) is 0 Å². The maximum Gasteiger partial charge on any atom is 0.167 e. The number of para-hydroxylation sites is 4. The van der Waals surface area contributed by atoms with Gasteiger partial charge in [-0.05, 0) is 48.5 Å². The third-order valence-electron chi connectivity index (χ3n) is 9.56. The van der Waals surface area contributed by atoms with Crippen LogP contribution < -0.4 is 0 Å². The summed E-state index contributed by atoms with van der Waals surface area (Å²) in [6.07, 6.45) is 0. The summed E-state index contributed by atoms with van der Waals surface area (Å²) in [5.41, 5.74) is 5.82. The Balaban J connectivity index is 1.16. The summed E-state index contributed by atoms with van der Waals surface area (Å²) in [6, 6.07) is 40.8. The second kappa shape index (κ2) is 10.9. The summed E-state index contributed by atoms with van der Waals surface area (Å²) < 4.78 is 53.4. The van der Waals surface area contributed by atoms with Crippen molar-refractivity contribution in [1.82, 2.24) is 19.5 Å². The van der Waals surface area contributed by atoms with Gasteiger partial charge in [0.05, 0.1) is 23.5 Å².